The zero-order valence-electron chi connectivity index (χ0n) is 19.8. The first-order valence-electron chi connectivity index (χ1n) is 11.4. The summed E-state index contributed by atoms with van der Waals surface area (Å²) in [7, 11) is 1.40. The third kappa shape index (κ3) is 4.94. The van der Waals surface area contributed by atoms with Crippen LogP contribution in [0.5, 0.6) is 0 Å². The Morgan fingerprint density at radius 2 is 1.68 bits per heavy atom. The molecule has 0 N–H and O–H groups in total. The number of benzene rings is 2. The van der Waals surface area contributed by atoms with Crippen molar-refractivity contribution < 1.29 is 14.3 Å². The van der Waals surface area contributed by atoms with Gasteiger partial charge in [0.1, 0.15) is 0 Å². The maximum absolute atomic E-state index is 13.1. The molecule has 4 rings (SSSR count). The number of hydrogen-bond donors (Lipinski definition) is 0. The molecule has 2 heterocycles. The van der Waals surface area contributed by atoms with Crippen LogP contribution >= 0.6 is 11.6 Å². The first-order valence-corrected chi connectivity index (χ1v) is 11.8. The summed E-state index contributed by atoms with van der Waals surface area (Å²) in [5, 5.41) is 5.38. The molecule has 0 spiro atoms. The van der Waals surface area contributed by atoms with E-state index in [1.54, 1.807) is 0 Å². The number of amides is 1. The number of nitrogens with zero attached hydrogens (tertiary/aromatic N) is 4. The van der Waals surface area contributed by atoms with E-state index in [-0.39, 0.29) is 11.9 Å². The summed E-state index contributed by atoms with van der Waals surface area (Å²) in [6, 6.07) is 15.3. The number of aromatic nitrogens is 2. The van der Waals surface area contributed by atoms with Crippen molar-refractivity contribution in [3.8, 4) is 5.69 Å². The summed E-state index contributed by atoms with van der Waals surface area (Å²) < 4.78 is 6.61. The number of rotatable bonds is 6. The number of aryl methyl sites for hydroxylation is 1. The molecule has 1 fully saturated rings. The molecule has 0 bridgehead atoms. The van der Waals surface area contributed by atoms with Gasteiger partial charge in [-0.2, -0.15) is 5.10 Å². The molecule has 1 aliphatic heterocycles. The van der Waals surface area contributed by atoms with E-state index in [0.717, 1.165) is 46.4 Å². The van der Waals surface area contributed by atoms with Gasteiger partial charge in [-0.05, 0) is 62.2 Å². The Hall–Kier alpha value is -3.32. The molecule has 0 atom stereocenters. The highest BCUT2D eigenvalue weighted by Crippen LogP contribution is 2.26. The average Bonchev–Trinajstić information content (AvgIpc) is 3.15. The predicted molar refractivity (Wildman–Crippen MR) is 133 cm³/mol. The van der Waals surface area contributed by atoms with Gasteiger partial charge in [0.05, 0.1) is 29.2 Å². The Morgan fingerprint density at radius 3 is 2.32 bits per heavy atom. The molecular formula is C26H29ClN4O3. The van der Waals surface area contributed by atoms with Crippen LogP contribution in [0.4, 0.5) is 5.69 Å². The average molecular weight is 481 g/mol. The summed E-state index contributed by atoms with van der Waals surface area (Å²) in [4.78, 5) is 28.7. The van der Waals surface area contributed by atoms with Gasteiger partial charge in [0.25, 0.3) is 5.91 Å². The minimum Gasteiger partial charge on any atom is -0.469 e. The number of para-hydroxylation sites is 1. The third-order valence-corrected chi connectivity index (χ3v) is 6.69. The molecule has 0 saturated carbocycles. The van der Waals surface area contributed by atoms with Gasteiger partial charge in [0.15, 0.2) is 0 Å². The first-order chi connectivity index (χ1) is 16.4. The summed E-state index contributed by atoms with van der Waals surface area (Å²) in [6.45, 7) is 6.71. The van der Waals surface area contributed by atoms with Crippen LogP contribution in [0.2, 0.25) is 5.02 Å². The standard InChI is InChI=1S/C26H29ClN4O3/c1-18-22(12-13-25(32)34-3)19(2)31(28-18)21-10-8-20(9-11-21)26(33)30-16-14-29(15-17-30)24-7-5-4-6-23(24)27/h4-11H,12-17H2,1-3H3. The fraction of sp³-hybridized carbons (Fsp3) is 0.346. The molecular weight excluding hydrogens is 452 g/mol. The van der Waals surface area contributed by atoms with Gasteiger partial charge < -0.3 is 14.5 Å². The van der Waals surface area contributed by atoms with Gasteiger partial charge in [-0.15, -0.1) is 0 Å². The minimum absolute atomic E-state index is 0.0255. The topological polar surface area (TPSA) is 67.7 Å². The van der Waals surface area contributed by atoms with Crippen LogP contribution in [0, 0.1) is 13.8 Å². The van der Waals surface area contributed by atoms with E-state index in [4.69, 9.17) is 16.3 Å². The SMILES string of the molecule is COC(=O)CCc1c(C)nn(-c2ccc(C(=O)N3CCN(c4ccccc4Cl)CC3)cc2)c1C. The Morgan fingerprint density at radius 1 is 1.00 bits per heavy atom. The van der Waals surface area contributed by atoms with E-state index in [9.17, 15) is 9.59 Å². The molecule has 2 aromatic carbocycles. The highest BCUT2D eigenvalue weighted by molar-refractivity contribution is 6.33. The van der Waals surface area contributed by atoms with E-state index in [1.807, 2.05) is 72.0 Å². The van der Waals surface area contributed by atoms with Gasteiger partial charge in [0, 0.05) is 43.9 Å². The Bertz CT molecular complexity index is 1180. The third-order valence-electron chi connectivity index (χ3n) is 6.37. The Kier molecular flexibility index (Phi) is 7.22. The minimum atomic E-state index is -0.234. The van der Waals surface area contributed by atoms with Crippen molar-refractivity contribution in [2.45, 2.75) is 26.7 Å². The molecule has 0 unspecified atom stereocenters. The molecule has 1 aromatic heterocycles. The van der Waals surface area contributed by atoms with Gasteiger partial charge in [-0.1, -0.05) is 23.7 Å². The molecule has 0 aliphatic carbocycles. The van der Waals surface area contributed by atoms with Crippen molar-refractivity contribution in [3.63, 3.8) is 0 Å². The molecule has 178 valence electrons. The summed E-state index contributed by atoms with van der Waals surface area (Å²) >= 11 is 6.33. The molecule has 34 heavy (non-hydrogen) atoms. The molecule has 3 aromatic rings. The zero-order chi connectivity index (χ0) is 24.2. The quantitative estimate of drug-likeness (QED) is 0.494. The van der Waals surface area contributed by atoms with Gasteiger partial charge in [-0.25, -0.2) is 4.68 Å². The second kappa shape index (κ2) is 10.3. The maximum Gasteiger partial charge on any atom is 0.305 e. The normalized spacial score (nSPS) is 13.8. The Labute approximate surface area is 204 Å². The van der Waals surface area contributed by atoms with Crippen LogP contribution < -0.4 is 4.90 Å². The highest BCUT2D eigenvalue weighted by Gasteiger charge is 2.23. The smallest absolute Gasteiger partial charge is 0.305 e. The predicted octanol–water partition coefficient (Wildman–Crippen LogP) is 4.21. The van der Waals surface area contributed by atoms with Crippen LogP contribution in [0.25, 0.3) is 5.69 Å². The van der Waals surface area contributed by atoms with Gasteiger partial charge in [-0.3, -0.25) is 9.59 Å². The van der Waals surface area contributed by atoms with E-state index in [1.165, 1.54) is 7.11 Å². The number of ether oxygens (including phenoxy) is 1. The number of methoxy groups -OCH3 is 1. The fourth-order valence-electron chi connectivity index (χ4n) is 4.40. The lowest BCUT2D eigenvalue weighted by molar-refractivity contribution is -0.140. The number of hydrogen-bond acceptors (Lipinski definition) is 5. The van der Waals surface area contributed by atoms with E-state index < -0.39 is 0 Å². The molecule has 1 aliphatic rings. The molecule has 1 amide bonds. The fourth-order valence-corrected chi connectivity index (χ4v) is 4.66. The monoisotopic (exact) mass is 480 g/mol. The lowest BCUT2D eigenvalue weighted by atomic mass is 10.1. The van der Waals surface area contributed by atoms with Crippen LogP contribution in [0.1, 0.15) is 33.7 Å². The number of halogens is 1. The molecule has 7 nitrogen and oxygen atoms in total. The van der Waals surface area contributed by atoms with Crippen LogP contribution in [-0.2, 0) is 16.0 Å². The van der Waals surface area contributed by atoms with E-state index in [2.05, 4.69) is 10.00 Å². The van der Waals surface area contributed by atoms with Crippen LogP contribution in [0.3, 0.4) is 0 Å². The summed E-state index contributed by atoms with van der Waals surface area (Å²) in [6.07, 6.45) is 0.905. The zero-order valence-corrected chi connectivity index (χ0v) is 20.5. The first kappa shape index (κ1) is 23.8. The lowest BCUT2D eigenvalue weighted by Gasteiger charge is -2.36. The van der Waals surface area contributed by atoms with Crippen molar-refractivity contribution in [1.29, 1.82) is 0 Å². The van der Waals surface area contributed by atoms with Crippen LogP contribution in [0.15, 0.2) is 48.5 Å². The molecule has 0 radical (unpaired) electrons. The summed E-state index contributed by atoms with van der Waals surface area (Å²) in [5.41, 5.74) is 5.46. The van der Waals surface area contributed by atoms with Crippen molar-refractivity contribution in [2.75, 3.05) is 38.2 Å². The van der Waals surface area contributed by atoms with Crippen molar-refractivity contribution >= 4 is 29.2 Å². The number of carbonyl (C=O) groups is 2. The van der Waals surface area contributed by atoms with Crippen molar-refractivity contribution in [2.24, 2.45) is 0 Å². The molecule has 1 saturated heterocycles. The Balaban J connectivity index is 1.42. The second-order valence-corrected chi connectivity index (χ2v) is 8.82. The van der Waals surface area contributed by atoms with E-state index >= 15 is 0 Å². The number of esters is 1. The second-order valence-electron chi connectivity index (χ2n) is 8.41. The van der Waals surface area contributed by atoms with Gasteiger partial charge >= 0.3 is 5.97 Å². The van der Waals surface area contributed by atoms with Crippen molar-refractivity contribution in [1.82, 2.24) is 14.7 Å². The largest absolute Gasteiger partial charge is 0.469 e. The summed E-state index contributed by atoms with van der Waals surface area (Å²) in [5.74, 6) is -0.209. The maximum atomic E-state index is 13.1. The highest BCUT2D eigenvalue weighted by atomic mass is 35.5. The van der Waals surface area contributed by atoms with Crippen molar-refractivity contribution in [3.05, 3.63) is 76.1 Å². The number of anilines is 1. The number of carbonyl (C=O) groups excluding carboxylic acids is 2. The number of piperazine rings is 1. The van der Waals surface area contributed by atoms with E-state index in [0.29, 0.717) is 31.5 Å². The van der Waals surface area contributed by atoms with Crippen LogP contribution in [-0.4, -0.2) is 59.8 Å². The van der Waals surface area contributed by atoms with Gasteiger partial charge in [0.2, 0.25) is 0 Å². The molecule has 8 heteroatoms. The lowest BCUT2D eigenvalue weighted by Crippen LogP contribution is -2.48.